The molecule has 0 fully saturated rings. The summed E-state index contributed by atoms with van der Waals surface area (Å²) in [6.45, 7) is 0.826. The number of thiophene rings is 1. The highest BCUT2D eigenvalue weighted by molar-refractivity contribution is 7.89. The van der Waals surface area contributed by atoms with E-state index in [1.54, 1.807) is 0 Å². The van der Waals surface area contributed by atoms with Gasteiger partial charge in [0, 0.05) is 37.3 Å². The maximum atomic E-state index is 12.6. The van der Waals surface area contributed by atoms with Crippen LogP contribution in [0.15, 0.2) is 45.5 Å². The Balaban J connectivity index is 2.29. The second-order valence-corrected chi connectivity index (χ2v) is 7.27. The quantitative estimate of drug-likeness (QED) is 0.830. The number of ether oxygens (including phenoxy) is 1. The van der Waals surface area contributed by atoms with Crippen LogP contribution in [-0.4, -0.2) is 38.0 Å². The van der Waals surface area contributed by atoms with Crippen LogP contribution in [0.4, 0.5) is 0 Å². The molecule has 0 radical (unpaired) electrons. The molecule has 0 aliphatic rings. The van der Waals surface area contributed by atoms with E-state index in [0.29, 0.717) is 6.61 Å². The summed E-state index contributed by atoms with van der Waals surface area (Å²) >= 11 is 1.49. The zero-order chi connectivity index (χ0) is 15.3. The summed E-state index contributed by atoms with van der Waals surface area (Å²) in [5, 5.41) is 1.90. The lowest BCUT2D eigenvalue weighted by atomic mass is 10.4. The van der Waals surface area contributed by atoms with E-state index in [9.17, 15) is 13.2 Å². The van der Waals surface area contributed by atoms with Crippen molar-refractivity contribution in [3.05, 3.63) is 51.1 Å². The second kappa shape index (κ2) is 6.99. The average Bonchev–Trinajstić information content (AvgIpc) is 2.96. The lowest BCUT2D eigenvalue weighted by Gasteiger charge is -2.21. The minimum atomic E-state index is -3.68. The van der Waals surface area contributed by atoms with Gasteiger partial charge in [-0.2, -0.15) is 4.31 Å². The van der Waals surface area contributed by atoms with Crippen molar-refractivity contribution in [3.8, 4) is 0 Å². The number of aromatic amines is 1. The van der Waals surface area contributed by atoms with Gasteiger partial charge in [-0.05, 0) is 17.5 Å². The molecule has 0 spiro atoms. The number of hydrogen-bond donors (Lipinski definition) is 1. The largest absolute Gasteiger partial charge is 0.383 e. The molecule has 21 heavy (non-hydrogen) atoms. The van der Waals surface area contributed by atoms with Crippen LogP contribution in [0, 0.1) is 0 Å². The van der Waals surface area contributed by atoms with Crippen LogP contribution in [0.3, 0.4) is 0 Å². The molecule has 0 amide bonds. The highest BCUT2D eigenvalue weighted by Gasteiger charge is 2.24. The molecule has 0 aliphatic carbocycles. The first kappa shape index (κ1) is 15.9. The smallest absolute Gasteiger partial charge is 0.247 e. The lowest BCUT2D eigenvalue weighted by Crippen LogP contribution is -2.33. The van der Waals surface area contributed by atoms with Crippen molar-refractivity contribution in [1.29, 1.82) is 0 Å². The Kier molecular flexibility index (Phi) is 5.29. The molecule has 6 nitrogen and oxygen atoms in total. The van der Waals surface area contributed by atoms with Gasteiger partial charge in [-0.15, -0.1) is 11.3 Å². The van der Waals surface area contributed by atoms with E-state index in [4.69, 9.17) is 4.74 Å². The standard InChI is InChI=1S/C13H16N2O4S2/c1-19-7-6-15(10-11-3-2-8-20-11)21(17,18)12-4-5-13(16)14-9-12/h2-5,8-9H,6-7,10H2,1H3,(H,14,16). The number of pyridine rings is 1. The molecular weight excluding hydrogens is 312 g/mol. The van der Waals surface area contributed by atoms with Crippen LogP contribution >= 0.6 is 11.3 Å². The molecule has 0 saturated heterocycles. The molecule has 2 heterocycles. The summed E-state index contributed by atoms with van der Waals surface area (Å²) in [5.41, 5.74) is -0.337. The molecule has 2 aromatic rings. The Labute approximate surface area is 127 Å². The Morgan fingerprint density at radius 3 is 2.71 bits per heavy atom. The SMILES string of the molecule is COCCN(Cc1cccs1)S(=O)(=O)c1ccc(=O)[nH]c1. The normalized spacial score (nSPS) is 11.9. The maximum absolute atomic E-state index is 12.6. The predicted octanol–water partition coefficient (Wildman–Crippen LogP) is 1.27. The summed E-state index contributed by atoms with van der Waals surface area (Å²) in [4.78, 5) is 14.5. The van der Waals surface area contributed by atoms with Gasteiger partial charge in [-0.1, -0.05) is 6.07 Å². The van der Waals surface area contributed by atoms with Gasteiger partial charge in [0.15, 0.2) is 0 Å². The van der Waals surface area contributed by atoms with E-state index in [1.165, 1.54) is 41.1 Å². The molecule has 114 valence electrons. The van der Waals surface area contributed by atoms with Crippen molar-refractivity contribution in [2.75, 3.05) is 20.3 Å². The van der Waals surface area contributed by atoms with E-state index in [-0.39, 0.29) is 23.5 Å². The van der Waals surface area contributed by atoms with Gasteiger partial charge in [0.05, 0.1) is 11.5 Å². The maximum Gasteiger partial charge on any atom is 0.247 e. The molecule has 0 unspecified atom stereocenters. The van der Waals surface area contributed by atoms with E-state index >= 15 is 0 Å². The number of nitrogens with one attached hydrogen (secondary N) is 1. The van der Waals surface area contributed by atoms with Gasteiger partial charge < -0.3 is 9.72 Å². The zero-order valence-corrected chi connectivity index (χ0v) is 13.1. The zero-order valence-electron chi connectivity index (χ0n) is 11.5. The molecule has 0 saturated carbocycles. The van der Waals surface area contributed by atoms with Gasteiger partial charge in [-0.25, -0.2) is 8.42 Å². The second-order valence-electron chi connectivity index (χ2n) is 4.30. The van der Waals surface area contributed by atoms with Crippen molar-refractivity contribution in [2.24, 2.45) is 0 Å². The number of H-pyrrole nitrogens is 1. The molecule has 0 atom stereocenters. The van der Waals surface area contributed by atoms with Crippen molar-refractivity contribution in [2.45, 2.75) is 11.4 Å². The van der Waals surface area contributed by atoms with Crippen molar-refractivity contribution >= 4 is 21.4 Å². The van der Waals surface area contributed by atoms with Crippen molar-refractivity contribution < 1.29 is 13.2 Å². The fourth-order valence-corrected chi connectivity index (χ4v) is 3.93. The number of sulfonamides is 1. The summed E-state index contributed by atoms with van der Waals surface area (Å²) in [5.74, 6) is 0. The number of rotatable bonds is 7. The first-order valence-electron chi connectivity index (χ1n) is 6.24. The van der Waals surface area contributed by atoms with Gasteiger partial charge in [-0.3, -0.25) is 4.79 Å². The number of nitrogens with zero attached hydrogens (tertiary/aromatic N) is 1. The summed E-state index contributed by atoms with van der Waals surface area (Å²) in [7, 11) is -2.15. The lowest BCUT2D eigenvalue weighted by molar-refractivity contribution is 0.177. The van der Waals surface area contributed by atoms with Crippen LogP contribution in [0.25, 0.3) is 0 Å². The summed E-state index contributed by atoms with van der Waals surface area (Å²) < 4.78 is 31.6. The van der Waals surface area contributed by atoms with E-state index < -0.39 is 10.0 Å². The highest BCUT2D eigenvalue weighted by atomic mass is 32.2. The summed E-state index contributed by atoms with van der Waals surface area (Å²) in [6, 6.07) is 6.27. The van der Waals surface area contributed by atoms with Gasteiger partial charge in [0.1, 0.15) is 0 Å². The average molecular weight is 328 g/mol. The Morgan fingerprint density at radius 2 is 2.14 bits per heavy atom. The topological polar surface area (TPSA) is 79.5 Å². The van der Waals surface area contributed by atoms with E-state index in [2.05, 4.69) is 4.98 Å². The third-order valence-electron chi connectivity index (χ3n) is 2.85. The van der Waals surface area contributed by atoms with Gasteiger partial charge in [0.2, 0.25) is 15.6 Å². The predicted molar refractivity (Wildman–Crippen MR) is 80.9 cm³/mol. The van der Waals surface area contributed by atoms with Crippen LogP contribution < -0.4 is 5.56 Å². The fraction of sp³-hybridized carbons (Fsp3) is 0.308. The Hall–Kier alpha value is -1.48. The van der Waals surface area contributed by atoms with E-state index in [1.807, 2.05) is 17.5 Å². The molecule has 2 aromatic heterocycles. The van der Waals surface area contributed by atoms with Crippen LogP contribution in [-0.2, 0) is 21.3 Å². The van der Waals surface area contributed by atoms with E-state index in [0.717, 1.165) is 4.88 Å². The Morgan fingerprint density at radius 1 is 1.33 bits per heavy atom. The van der Waals surface area contributed by atoms with Gasteiger partial charge >= 0.3 is 0 Å². The van der Waals surface area contributed by atoms with Crippen LogP contribution in [0.5, 0.6) is 0 Å². The highest BCUT2D eigenvalue weighted by Crippen LogP contribution is 2.19. The van der Waals surface area contributed by atoms with Crippen LogP contribution in [0.2, 0.25) is 0 Å². The monoisotopic (exact) mass is 328 g/mol. The first-order valence-corrected chi connectivity index (χ1v) is 8.56. The minimum Gasteiger partial charge on any atom is -0.383 e. The van der Waals surface area contributed by atoms with Crippen LogP contribution in [0.1, 0.15) is 4.88 Å². The summed E-state index contributed by atoms with van der Waals surface area (Å²) in [6.07, 6.45) is 1.21. The Bertz CT molecular complexity index is 702. The third-order valence-corrected chi connectivity index (χ3v) is 5.55. The molecule has 8 heteroatoms. The molecule has 1 N–H and O–H groups in total. The molecule has 0 aromatic carbocycles. The van der Waals surface area contributed by atoms with Crippen molar-refractivity contribution in [1.82, 2.24) is 9.29 Å². The molecular formula is C13H16N2O4S2. The van der Waals surface area contributed by atoms with Gasteiger partial charge in [0.25, 0.3) is 0 Å². The van der Waals surface area contributed by atoms with Crippen molar-refractivity contribution in [3.63, 3.8) is 0 Å². The molecule has 0 bridgehead atoms. The number of hydrogen-bond acceptors (Lipinski definition) is 5. The fourth-order valence-electron chi connectivity index (χ4n) is 1.76. The number of methoxy groups -OCH3 is 1. The number of aromatic nitrogens is 1. The molecule has 2 rings (SSSR count). The first-order chi connectivity index (χ1) is 10.0. The molecule has 0 aliphatic heterocycles. The minimum absolute atomic E-state index is 0.0646. The third kappa shape index (κ3) is 4.01.